The van der Waals surface area contributed by atoms with Gasteiger partial charge in [0.1, 0.15) is 5.44 Å². The maximum atomic E-state index is 13.4. The van der Waals surface area contributed by atoms with Crippen LogP contribution in [0.1, 0.15) is 6.92 Å². The van der Waals surface area contributed by atoms with E-state index in [4.69, 9.17) is 4.74 Å². The fourth-order valence-electron chi connectivity index (χ4n) is 1.14. The Morgan fingerprint density at radius 2 is 2.00 bits per heavy atom. The summed E-state index contributed by atoms with van der Waals surface area (Å²) in [5, 5.41) is 9.20. The van der Waals surface area contributed by atoms with E-state index in [1.807, 2.05) is 0 Å². The first kappa shape index (κ1) is 13.0. The van der Waals surface area contributed by atoms with Crippen LogP contribution in [0.4, 0.5) is 9.18 Å². The molecule has 0 bridgehead atoms. The van der Waals surface area contributed by atoms with Gasteiger partial charge in [0.25, 0.3) is 0 Å². The number of rotatable bonds is 2. The largest absolute Gasteiger partial charge is 0.508 e. The summed E-state index contributed by atoms with van der Waals surface area (Å²) in [6.45, 7) is 1.13. The summed E-state index contributed by atoms with van der Waals surface area (Å²) in [6.07, 6.45) is -4.29. The molecule has 0 aliphatic carbocycles. The number of aliphatic hydroxyl groups excluding tert-OH is 1. The highest BCUT2D eigenvalue weighted by molar-refractivity contribution is 8.00. The zero-order valence-corrected chi connectivity index (χ0v) is 9.40. The van der Waals surface area contributed by atoms with Crippen molar-refractivity contribution in [1.82, 2.24) is 0 Å². The van der Waals surface area contributed by atoms with Crippen molar-refractivity contribution in [2.24, 2.45) is 0 Å². The molecule has 1 unspecified atom stereocenters. The standard InChI is InChI=1S/C8H11FO6S/c1-3(10)14-7-5(15-8(12)13-2)4(9)6(11)16-7/h4-7,11H,1-2H3/t4-,5-,6?,7+/m0/s1. The lowest BCUT2D eigenvalue weighted by Gasteiger charge is -2.18. The molecule has 0 aromatic rings. The van der Waals surface area contributed by atoms with Crippen molar-refractivity contribution in [2.45, 2.75) is 30.1 Å². The van der Waals surface area contributed by atoms with Crippen molar-refractivity contribution in [3.8, 4) is 0 Å². The molecule has 0 aromatic carbocycles. The second-order valence-corrected chi connectivity index (χ2v) is 4.21. The summed E-state index contributed by atoms with van der Waals surface area (Å²) >= 11 is 0.667. The molecule has 0 aromatic heterocycles. The van der Waals surface area contributed by atoms with Crippen molar-refractivity contribution >= 4 is 23.9 Å². The Hall–Kier alpha value is -1.02. The third-order valence-electron chi connectivity index (χ3n) is 1.81. The Bertz CT molecular complexity index is 286. The van der Waals surface area contributed by atoms with Gasteiger partial charge in [-0.15, -0.1) is 0 Å². The van der Waals surface area contributed by atoms with Crippen molar-refractivity contribution in [2.75, 3.05) is 7.11 Å². The highest BCUT2D eigenvalue weighted by Gasteiger charge is 2.48. The van der Waals surface area contributed by atoms with Gasteiger partial charge in [-0.25, -0.2) is 9.18 Å². The Kier molecular flexibility index (Phi) is 4.36. The van der Waals surface area contributed by atoms with Crippen LogP contribution in [0.25, 0.3) is 0 Å². The molecule has 1 saturated heterocycles. The lowest BCUT2D eigenvalue weighted by molar-refractivity contribution is -0.148. The minimum Gasteiger partial charge on any atom is -0.447 e. The summed E-state index contributed by atoms with van der Waals surface area (Å²) in [6, 6.07) is 0. The number of alkyl halides is 1. The normalized spacial score (nSPS) is 33.2. The molecule has 1 heterocycles. The van der Waals surface area contributed by atoms with Gasteiger partial charge in [-0.05, 0) is 0 Å². The van der Waals surface area contributed by atoms with Crippen molar-refractivity contribution < 1.29 is 33.3 Å². The minimum absolute atomic E-state index is 0.655. The maximum absolute atomic E-state index is 13.4. The first-order valence-corrected chi connectivity index (χ1v) is 5.29. The summed E-state index contributed by atoms with van der Waals surface area (Å²) in [5.41, 5.74) is -2.47. The number of methoxy groups -OCH3 is 1. The molecule has 6 nitrogen and oxygen atoms in total. The summed E-state index contributed by atoms with van der Waals surface area (Å²) in [4.78, 5) is 21.5. The molecule has 0 spiro atoms. The first-order valence-electron chi connectivity index (χ1n) is 4.35. The van der Waals surface area contributed by atoms with E-state index in [0.29, 0.717) is 11.8 Å². The van der Waals surface area contributed by atoms with Gasteiger partial charge >= 0.3 is 12.1 Å². The SMILES string of the molecule is COC(=O)O[C@@H]1[C@H](OC(C)=O)SC(O)[C@H]1F. The zero-order chi connectivity index (χ0) is 12.3. The summed E-state index contributed by atoms with van der Waals surface area (Å²) in [5.74, 6) is -0.655. The van der Waals surface area contributed by atoms with Crippen LogP contribution in [-0.2, 0) is 19.0 Å². The highest BCUT2D eigenvalue weighted by atomic mass is 32.2. The first-order chi connectivity index (χ1) is 7.45. The number of halogens is 1. The van der Waals surface area contributed by atoms with Crippen molar-refractivity contribution in [3.05, 3.63) is 0 Å². The molecule has 16 heavy (non-hydrogen) atoms. The number of esters is 1. The van der Waals surface area contributed by atoms with Crippen molar-refractivity contribution in [3.63, 3.8) is 0 Å². The minimum atomic E-state index is -1.83. The number of carbonyl (C=O) groups excluding carboxylic acids is 2. The Balaban J connectivity index is 2.67. The van der Waals surface area contributed by atoms with Crippen LogP contribution in [0, 0.1) is 0 Å². The van der Waals surface area contributed by atoms with Crippen LogP contribution in [0.15, 0.2) is 0 Å². The Morgan fingerprint density at radius 3 is 2.50 bits per heavy atom. The molecule has 8 heteroatoms. The van der Waals surface area contributed by atoms with Crippen LogP contribution < -0.4 is 0 Å². The second-order valence-electron chi connectivity index (χ2n) is 2.99. The average molecular weight is 254 g/mol. The van der Waals surface area contributed by atoms with E-state index in [-0.39, 0.29) is 0 Å². The molecular formula is C8H11FO6S. The van der Waals surface area contributed by atoms with Crippen LogP contribution >= 0.6 is 11.8 Å². The van der Waals surface area contributed by atoms with Crippen LogP contribution in [-0.4, -0.2) is 47.5 Å². The number of aliphatic hydroxyl groups is 1. The van der Waals surface area contributed by atoms with Gasteiger partial charge in [0, 0.05) is 6.92 Å². The molecule has 1 aliphatic rings. The van der Waals surface area contributed by atoms with E-state index >= 15 is 0 Å². The molecule has 0 radical (unpaired) electrons. The molecular weight excluding hydrogens is 243 g/mol. The molecule has 1 fully saturated rings. The van der Waals surface area contributed by atoms with E-state index < -0.39 is 35.3 Å². The van der Waals surface area contributed by atoms with Crippen molar-refractivity contribution in [1.29, 1.82) is 0 Å². The van der Waals surface area contributed by atoms with Gasteiger partial charge in [-0.3, -0.25) is 4.79 Å². The van der Waals surface area contributed by atoms with E-state index in [2.05, 4.69) is 9.47 Å². The molecule has 4 atom stereocenters. The highest BCUT2D eigenvalue weighted by Crippen LogP contribution is 2.37. The predicted molar refractivity (Wildman–Crippen MR) is 51.3 cm³/mol. The number of ether oxygens (including phenoxy) is 3. The number of carbonyl (C=O) groups is 2. The van der Waals surface area contributed by atoms with Gasteiger partial charge < -0.3 is 19.3 Å². The van der Waals surface area contributed by atoms with Gasteiger partial charge in [-0.2, -0.15) is 0 Å². The van der Waals surface area contributed by atoms with E-state index in [1.165, 1.54) is 0 Å². The second kappa shape index (κ2) is 5.35. The number of hydrogen-bond acceptors (Lipinski definition) is 7. The molecule has 1 aliphatic heterocycles. The molecule has 1 N–H and O–H groups in total. The fourth-order valence-corrected chi connectivity index (χ4v) is 2.27. The van der Waals surface area contributed by atoms with E-state index in [0.717, 1.165) is 14.0 Å². The third-order valence-corrected chi connectivity index (χ3v) is 2.98. The zero-order valence-electron chi connectivity index (χ0n) is 8.58. The van der Waals surface area contributed by atoms with Crippen LogP contribution in [0.5, 0.6) is 0 Å². The Labute approximate surface area is 95.0 Å². The lowest BCUT2D eigenvalue weighted by atomic mass is 10.2. The lowest BCUT2D eigenvalue weighted by Crippen LogP contribution is -2.36. The molecule has 0 saturated carbocycles. The van der Waals surface area contributed by atoms with Gasteiger partial charge in [-0.1, -0.05) is 11.8 Å². The van der Waals surface area contributed by atoms with Gasteiger partial charge in [0.2, 0.25) is 0 Å². The summed E-state index contributed by atoms with van der Waals surface area (Å²) in [7, 11) is 1.06. The van der Waals surface area contributed by atoms with E-state index in [9.17, 15) is 19.1 Å². The van der Waals surface area contributed by atoms with Gasteiger partial charge in [0.05, 0.1) is 7.11 Å². The Morgan fingerprint density at radius 1 is 1.38 bits per heavy atom. The van der Waals surface area contributed by atoms with Gasteiger partial charge in [0.15, 0.2) is 17.7 Å². The topological polar surface area (TPSA) is 82.1 Å². The fraction of sp³-hybridized carbons (Fsp3) is 0.750. The maximum Gasteiger partial charge on any atom is 0.508 e. The number of thioether (sulfide) groups is 1. The monoisotopic (exact) mass is 254 g/mol. The third kappa shape index (κ3) is 2.99. The van der Waals surface area contributed by atoms with Crippen LogP contribution in [0.2, 0.25) is 0 Å². The predicted octanol–water partition coefficient (Wildman–Crippen LogP) is 0.430. The number of hydrogen-bond donors (Lipinski definition) is 1. The van der Waals surface area contributed by atoms with E-state index in [1.54, 1.807) is 0 Å². The molecule has 0 amide bonds. The quantitative estimate of drug-likeness (QED) is 0.715. The van der Waals surface area contributed by atoms with Crippen LogP contribution in [0.3, 0.4) is 0 Å². The molecule has 1 rings (SSSR count). The molecule has 92 valence electrons. The average Bonchev–Trinajstić information content (AvgIpc) is 2.45. The summed E-state index contributed by atoms with van der Waals surface area (Å²) < 4.78 is 26.8. The smallest absolute Gasteiger partial charge is 0.447 e.